The summed E-state index contributed by atoms with van der Waals surface area (Å²) >= 11 is 0. The molecule has 1 N–H and O–H groups in total. The first-order valence-corrected chi connectivity index (χ1v) is 7.99. The van der Waals surface area contributed by atoms with Gasteiger partial charge in [0.15, 0.2) is 0 Å². The molecule has 7 nitrogen and oxygen atoms in total. The minimum atomic E-state index is -0.471. The zero-order chi connectivity index (χ0) is 16.8. The molecule has 1 aromatic rings. The number of carbonyl (C=O) groups excluding carboxylic acids is 2. The fourth-order valence-corrected chi connectivity index (χ4v) is 3.44. The highest BCUT2D eigenvalue weighted by Gasteiger charge is 2.50. The van der Waals surface area contributed by atoms with Gasteiger partial charge < -0.3 is 15.0 Å². The number of likely N-dealkylation sites (N-methyl/N-ethyl adjacent to an activating group) is 1. The van der Waals surface area contributed by atoms with Gasteiger partial charge in [0, 0.05) is 26.7 Å². The van der Waals surface area contributed by atoms with E-state index in [1.54, 1.807) is 22.8 Å². The number of amides is 2. The number of aryl methyl sites for hydroxylation is 1. The summed E-state index contributed by atoms with van der Waals surface area (Å²) in [6, 6.07) is 1.46. The fourth-order valence-electron chi connectivity index (χ4n) is 3.44. The normalized spacial score (nSPS) is 26.5. The maximum absolute atomic E-state index is 12.8. The number of likely N-dealkylation sites (tertiary alicyclic amines) is 1. The summed E-state index contributed by atoms with van der Waals surface area (Å²) in [4.78, 5) is 26.7. The molecule has 0 spiro atoms. The third-order valence-electron chi connectivity index (χ3n) is 5.34. The summed E-state index contributed by atoms with van der Waals surface area (Å²) in [6.45, 7) is 4.96. The van der Waals surface area contributed by atoms with Gasteiger partial charge in [0.2, 0.25) is 11.8 Å². The first-order chi connectivity index (χ1) is 10.9. The second-order valence-electron chi connectivity index (χ2n) is 6.92. The molecule has 2 aliphatic rings. The molecule has 0 bridgehead atoms. The molecule has 2 fully saturated rings. The van der Waals surface area contributed by atoms with Crippen molar-refractivity contribution in [2.75, 3.05) is 20.3 Å². The van der Waals surface area contributed by atoms with Crippen LogP contribution in [0.5, 0.6) is 0 Å². The first-order valence-electron chi connectivity index (χ1n) is 7.99. The van der Waals surface area contributed by atoms with E-state index in [9.17, 15) is 9.59 Å². The SMILES string of the molecule is CC(C)C1(C(=O)N[C@@H]2CC(=O)N(C)[C@H]2c2ccnn2C)COC1. The van der Waals surface area contributed by atoms with Crippen LogP contribution in [0.25, 0.3) is 0 Å². The Kier molecular flexibility index (Phi) is 3.91. The fraction of sp³-hybridized carbons (Fsp3) is 0.688. The molecule has 1 aromatic heterocycles. The second kappa shape index (κ2) is 5.63. The topological polar surface area (TPSA) is 76.5 Å². The van der Waals surface area contributed by atoms with Crippen LogP contribution in [0.1, 0.15) is 32.0 Å². The van der Waals surface area contributed by atoms with E-state index in [0.717, 1.165) is 5.69 Å². The monoisotopic (exact) mass is 320 g/mol. The molecule has 0 saturated carbocycles. The minimum Gasteiger partial charge on any atom is -0.379 e. The van der Waals surface area contributed by atoms with Gasteiger partial charge in [-0.15, -0.1) is 0 Å². The van der Waals surface area contributed by atoms with E-state index in [1.807, 2.05) is 27.0 Å². The van der Waals surface area contributed by atoms with Crippen molar-refractivity contribution in [3.05, 3.63) is 18.0 Å². The minimum absolute atomic E-state index is 0.0148. The molecule has 3 heterocycles. The summed E-state index contributed by atoms with van der Waals surface area (Å²) in [6.07, 6.45) is 2.02. The van der Waals surface area contributed by atoms with Crippen molar-refractivity contribution < 1.29 is 14.3 Å². The van der Waals surface area contributed by atoms with Gasteiger partial charge in [0.05, 0.1) is 36.4 Å². The lowest BCUT2D eigenvalue weighted by atomic mass is 9.74. The van der Waals surface area contributed by atoms with Crippen molar-refractivity contribution in [2.24, 2.45) is 18.4 Å². The molecule has 7 heteroatoms. The van der Waals surface area contributed by atoms with Crippen LogP contribution >= 0.6 is 0 Å². The molecule has 0 unspecified atom stereocenters. The van der Waals surface area contributed by atoms with Crippen LogP contribution in [0.3, 0.4) is 0 Å². The Labute approximate surface area is 136 Å². The number of hydrogen-bond donors (Lipinski definition) is 1. The van der Waals surface area contributed by atoms with Crippen LogP contribution in [-0.4, -0.2) is 52.8 Å². The number of ether oxygens (including phenoxy) is 1. The molecule has 2 atom stereocenters. The van der Waals surface area contributed by atoms with Gasteiger partial charge in [-0.25, -0.2) is 0 Å². The summed E-state index contributed by atoms with van der Waals surface area (Å²) < 4.78 is 7.05. The number of aromatic nitrogens is 2. The van der Waals surface area contributed by atoms with E-state index in [-0.39, 0.29) is 29.8 Å². The standard InChI is InChI=1S/C16H24N4O3/c1-10(2)16(8-23-9-16)15(22)18-11-7-13(21)19(3)14(11)12-5-6-17-20(12)4/h5-6,10-11,14H,7-9H2,1-4H3,(H,18,22)/t11-,14-/m1/s1. The van der Waals surface area contributed by atoms with Crippen LogP contribution in [0.15, 0.2) is 12.3 Å². The maximum Gasteiger partial charge on any atom is 0.231 e. The average molecular weight is 320 g/mol. The Balaban J connectivity index is 1.82. The molecule has 23 heavy (non-hydrogen) atoms. The third-order valence-corrected chi connectivity index (χ3v) is 5.34. The Morgan fingerprint density at radius 1 is 1.43 bits per heavy atom. The molecular weight excluding hydrogens is 296 g/mol. The highest BCUT2D eigenvalue weighted by atomic mass is 16.5. The van der Waals surface area contributed by atoms with E-state index < -0.39 is 5.41 Å². The molecule has 0 aromatic carbocycles. The maximum atomic E-state index is 12.8. The van der Waals surface area contributed by atoms with Gasteiger partial charge in [-0.05, 0) is 12.0 Å². The quantitative estimate of drug-likeness (QED) is 0.875. The van der Waals surface area contributed by atoms with Crippen LogP contribution in [0.2, 0.25) is 0 Å². The van der Waals surface area contributed by atoms with E-state index in [4.69, 9.17) is 4.74 Å². The van der Waals surface area contributed by atoms with Gasteiger partial charge in [-0.3, -0.25) is 14.3 Å². The molecule has 2 saturated heterocycles. The molecule has 2 amide bonds. The van der Waals surface area contributed by atoms with Crippen molar-refractivity contribution in [2.45, 2.75) is 32.4 Å². The number of hydrogen-bond acceptors (Lipinski definition) is 4. The molecule has 3 rings (SSSR count). The molecule has 126 valence electrons. The molecule has 2 aliphatic heterocycles. The molecule has 0 aliphatic carbocycles. The van der Waals surface area contributed by atoms with Gasteiger partial charge in [0.25, 0.3) is 0 Å². The van der Waals surface area contributed by atoms with E-state index >= 15 is 0 Å². The van der Waals surface area contributed by atoms with Gasteiger partial charge in [0.1, 0.15) is 0 Å². The van der Waals surface area contributed by atoms with Gasteiger partial charge in [-0.1, -0.05) is 13.8 Å². The van der Waals surface area contributed by atoms with E-state index in [1.165, 1.54) is 0 Å². The number of nitrogens with one attached hydrogen (secondary N) is 1. The number of carbonyl (C=O) groups is 2. The highest BCUT2D eigenvalue weighted by molar-refractivity contribution is 5.86. The summed E-state index contributed by atoms with van der Waals surface area (Å²) in [5.74, 6) is 0.213. The number of rotatable bonds is 4. The average Bonchev–Trinajstić information content (AvgIpc) is 2.93. The zero-order valence-electron chi connectivity index (χ0n) is 14.1. The zero-order valence-corrected chi connectivity index (χ0v) is 14.1. The van der Waals surface area contributed by atoms with Crippen LogP contribution in [0, 0.1) is 11.3 Å². The lowest BCUT2D eigenvalue weighted by Gasteiger charge is -2.44. The Bertz CT molecular complexity index is 621. The third kappa shape index (κ3) is 2.43. The van der Waals surface area contributed by atoms with E-state index in [0.29, 0.717) is 19.6 Å². The summed E-state index contributed by atoms with van der Waals surface area (Å²) in [5, 5.41) is 7.29. The molecular formula is C16H24N4O3. The second-order valence-corrected chi connectivity index (χ2v) is 6.92. The van der Waals surface area contributed by atoms with Crippen LogP contribution in [0.4, 0.5) is 0 Å². The Hall–Kier alpha value is -1.89. The lowest BCUT2D eigenvalue weighted by Crippen LogP contribution is -2.59. The summed E-state index contributed by atoms with van der Waals surface area (Å²) in [5.41, 5.74) is 0.452. The van der Waals surface area contributed by atoms with Crippen molar-refractivity contribution in [1.82, 2.24) is 20.0 Å². The van der Waals surface area contributed by atoms with Crippen molar-refractivity contribution in [1.29, 1.82) is 0 Å². The summed E-state index contributed by atoms with van der Waals surface area (Å²) in [7, 11) is 3.62. The van der Waals surface area contributed by atoms with Crippen LogP contribution < -0.4 is 5.32 Å². The number of nitrogens with zero attached hydrogens (tertiary/aromatic N) is 3. The predicted molar refractivity (Wildman–Crippen MR) is 83.4 cm³/mol. The smallest absolute Gasteiger partial charge is 0.231 e. The molecule has 0 radical (unpaired) electrons. The van der Waals surface area contributed by atoms with Crippen molar-refractivity contribution in [3.63, 3.8) is 0 Å². The van der Waals surface area contributed by atoms with Crippen molar-refractivity contribution in [3.8, 4) is 0 Å². The van der Waals surface area contributed by atoms with Gasteiger partial charge in [-0.2, -0.15) is 5.10 Å². The highest BCUT2D eigenvalue weighted by Crippen LogP contribution is 2.38. The Morgan fingerprint density at radius 2 is 2.13 bits per heavy atom. The van der Waals surface area contributed by atoms with Crippen LogP contribution in [-0.2, 0) is 21.4 Å². The largest absolute Gasteiger partial charge is 0.379 e. The first kappa shape index (κ1) is 16.0. The lowest BCUT2D eigenvalue weighted by molar-refractivity contribution is -0.172. The van der Waals surface area contributed by atoms with Crippen molar-refractivity contribution >= 4 is 11.8 Å². The predicted octanol–water partition coefficient (Wildman–Crippen LogP) is 0.481. The Morgan fingerprint density at radius 3 is 2.61 bits per heavy atom. The van der Waals surface area contributed by atoms with Gasteiger partial charge >= 0.3 is 0 Å². The van der Waals surface area contributed by atoms with E-state index in [2.05, 4.69) is 10.4 Å².